The van der Waals surface area contributed by atoms with Gasteiger partial charge in [0.1, 0.15) is 6.04 Å². The Morgan fingerprint density at radius 1 is 1.06 bits per heavy atom. The average Bonchev–Trinajstić information content (AvgIpc) is 3.35. The lowest BCUT2D eigenvalue weighted by Crippen LogP contribution is -2.49. The monoisotopic (exact) mass is 505 g/mol. The second kappa shape index (κ2) is 9.67. The van der Waals surface area contributed by atoms with E-state index in [4.69, 9.17) is 11.6 Å². The van der Waals surface area contributed by atoms with Crippen LogP contribution in [-0.4, -0.2) is 56.3 Å². The summed E-state index contributed by atoms with van der Waals surface area (Å²) in [6.07, 6.45) is 0.932. The van der Waals surface area contributed by atoms with Crippen molar-refractivity contribution in [1.29, 1.82) is 0 Å². The third kappa shape index (κ3) is 4.75. The Balaban J connectivity index is 1.56. The maximum absolute atomic E-state index is 13.5. The molecule has 0 unspecified atom stereocenters. The maximum atomic E-state index is 13.5. The number of aryl methyl sites for hydroxylation is 1. The zero-order chi connectivity index (χ0) is 25.4. The van der Waals surface area contributed by atoms with Crippen molar-refractivity contribution in [3.8, 4) is 0 Å². The van der Waals surface area contributed by atoms with E-state index in [2.05, 4.69) is 76.2 Å². The lowest BCUT2D eigenvalue weighted by atomic mass is 10.00. The van der Waals surface area contributed by atoms with Gasteiger partial charge in [0, 0.05) is 48.0 Å². The first-order valence-electron chi connectivity index (χ1n) is 12.4. The number of anilines is 1. The number of nitrogens with zero attached hydrogens (tertiary/aromatic N) is 6. The summed E-state index contributed by atoms with van der Waals surface area (Å²) in [5.74, 6) is 0.676. The molecular formula is C27H32ClN7O. The molecule has 0 saturated carbocycles. The van der Waals surface area contributed by atoms with Crippen molar-refractivity contribution < 1.29 is 0 Å². The van der Waals surface area contributed by atoms with Gasteiger partial charge in [0.2, 0.25) is 0 Å². The summed E-state index contributed by atoms with van der Waals surface area (Å²) in [5, 5.41) is 14.5. The highest BCUT2D eigenvalue weighted by Crippen LogP contribution is 2.31. The largest absolute Gasteiger partial charge is 0.369 e. The molecule has 2 aromatic heterocycles. The Kier molecular flexibility index (Phi) is 6.57. The van der Waals surface area contributed by atoms with Gasteiger partial charge in [-0.15, -0.1) is 5.10 Å². The van der Waals surface area contributed by atoms with Crippen LogP contribution >= 0.6 is 11.6 Å². The average molecular weight is 506 g/mol. The van der Waals surface area contributed by atoms with E-state index in [9.17, 15) is 4.79 Å². The van der Waals surface area contributed by atoms with Gasteiger partial charge in [0.15, 0.2) is 5.82 Å². The lowest BCUT2D eigenvalue weighted by Gasteiger charge is -2.40. The minimum atomic E-state index is -0.376. The second-order valence-electron chi connectivity index (χ2n) is 10.4. The summed E-state index contributed by atoms with van der Waals surface area (Å²) in [5.41, 5.74) is 3.38. The molecule has 0 bridgehead atoms. The molecule has 2 aromatic carbocycles. The number of aromatic amines is 1. The van der Waals surface area contributed by atoms with E-state index in [1.165, 1.54) is 5.56 Å². The molecule has 1 aliphatic rings. The zero-order valence-electron chi connectivity index (χ0n) is 21.2. The van der Waals surface area contributed by atoms with Crippen molar-refractivity contribution in [2.45, 2.75) is 45.7 Å². The van der Waals surface area contributed by atoms with Gasteiger partial charge in [-0.1, -0.05) is 30.7 Å². The number of benzene rings is 2. The minimum Gasteiger partial charge on any atom is -0.369 e. The molecule has 0 aliphatic carbocycles. The normalized spacial score (nSPS) is 16.0. The van der Waals surface area contributed by atoms with E-state index < -0.39 is 0 Å². The van der Waals surface area contributed by atoms with Gasteiger partial charge in [-0.3, -0.25) is 9.69 Å². The summed E-state index contributed by atoms with van der Waals surface area (Å²) < 4.78 is 1.84. The van der Waals surface area contributed by atoms with Crippen molar-refractivity contribution in [2.75, 3.05) is 31.1 Å². The molecule has 1 saturated heterocycles. The number of aromatic nitrogens is 5. The first-order valence-corrected chi connectivity index (χ1v) is 12.8. The smallest absolute Gasteiger partial charge is 0.253 e. The fourth-order valence-corrected chi connectivity index (χ4v) is 5.13. The van der Waals surface area contributed by atoms with Crippen LogP contribution in [0, 0.1) is 0 Å². The topological polar surface area (TPSA) is 82.9 Å². The molecule has 1 N–H and O–H groups in total. The predicted octanol–water partition coefficient (Wildman–Crippen LogP) is 4.40. The van der Waals surface area contributed by atoms with E-state index in [0.29, 0.717) is 11.4 Å². The molecule has 1 aliphatic heterocycles. The highest BCUT2D eigenvalue weighted by Gasteiger charge is 2.35. The van der Waals surface area contributed by atoms with Gasteiger partial charge in [-0.25, -0.2) is 4.68 Å². The number of fused-ring (bicyclic) bond motifs is 1. The van der Waals surface area contributed by atoms with Crippen LogP contribution < -0.4 is 10.5 Å². The van der Waals surface area contributed by atoms with Gasteiger partial charge >= 0.3 is 0 Å². The molecule has 9 heteroatoms. The van der Waals surface area contributed by atoms with Crippen LogP contribution in [0.1, 0.15) is 50.7 Å². The molecule has 0 amide bonds. The van der Waals surface area contributed by atoms with E-state index >= 15 is 0 Å². The quantitative estimate of drug-likeness (QED) is 0.433. The van der Waals surface area contributed by atoms with Crippen molar-refractivity contribution in [3.05, 3.63) is 80.9 Å². The van der Waals surface area contributed by atoms with Crippen LogP contribution in [0.25, 0.3) is 10.9 Å². The van der Waals surface area contributed by atoms with E-state index in [0.717, 1.165) is 54.2 Å². The number of pyridine rings is 1. The molecule has 36 heavy (non-hydrogen) atoms. The van der Waals surface area contributed by atoms with Gasteiger partial charge in [0.05, 0.1) is 5.54 Å². The summed E-state index contributed by atoms with van der Waals surface area (Å²) in [6, 6.07) is 15.8. The van der Waals surface area contributed by atoms with Crippen molar-refractivity contribution >= 4 is 28.2 Å². The van der Waals surface area contributed by atoms with Crippen molar-refractivity contribution in [3.63, 3.8) is 0 Å². The fourth-order valence-electron chi connectivity index (χ4n) is 4.95. The third-order valence-corrected chi connectivity index (χ3v) is 7.10. The van der Waals surface area contributed by atoms with Gasteiger partial charge in [-0.05, 0) is 85.0 Å². The predicted molar refractivity (Wildman–Crippen MR) is 144 cm³/mol. The SMILES string of the molecule is CCc1ccc2[nH]c(=O)c([C@@H](c3nnnn3C(C)(C)C)N3CCN(c4cccc(Cl)c4)CC3)cc2c1. The second-order valence-corrected chi connectivity index (χ2v) is 10.8. The maximum Gasteiger partial charge on any atom is 0.253 e. The Morgan fingerprint density at radius 3 is 2.53 bits per heavy atom. The number of hydrogen-bond donors (Lipinski definition) is 1. The van der Waals surface area contributed by atoms with Gasteiger partial charge in [0.25, 0.3) is 5.56 Å². The summed E-state index contributed by atoms with van der Waals surface area (Å²) in [7, 11) is 0. The first-order chi connectivity index (χ1) is 17.2. The fraction of sp³-hybridized carbons (Fsp3) is 0.407. The molecule has 188 valence electrons. The molecular weight excluding hydrogens is 474 g/mol. The van der Waals surface area contributed by atoms with Crippen LogP contribution in [0.4, 0.5) is 5.69 Å². The number of hydrogen-bond acceptors (Lipinski definition) is 6. The molecule has 0 spiro atoms. The number of piperazine rings is 1. The highest BCUT2D eigenvalue weighted by atomic mass is 35.5. The minimum absolute atomic E-state index is 0.113. The number of tetrazole rings is 1. The van der Waals surface area contributed by atoms with E-state index in [1.807, 2.05) is 35.0 Å². The summed E-state index contributed by atoms with van der Waals surface area (Å²) >= 11 is 6.24. The Morgan fingerprint density at radius 2 is 1.83 bits per heavy atom. The molecule has 3 heterocycles. The first kappa shape index (κ1) is 24.5. The summed E-state index contributed by atoms with van der Waals surface area (Å²) in [6.45, 7) is 11.4. The molecule has 5 rings (SSSR count). The van der Waals surface area contributed by atoms with Crippen molar-refractivity contribution in [1.82, 2.24) is 30.1 Å². The third-order valence-electron chi connectivity index (χ3n) is 6.87. The van der Waals surface area contributed by atoms with Crippen LogP contribution in [0.5, 0.6) is 0 Å². The standard InChI is InChI=1S/C27H32ClN7O/c1-5-18-9-10-23-19(15-18)16-22(26(36)29-23)24(25-30-31-32-35(25)27(2,3)4)34-13-11-33(12-14-34)21-8-6-7-20(28)17-21/h6-10,15-17,24H,5,11-14H2,1-4H3,(H,29,36)/t24-/m0/s1. The molecule has 8 nitrogen and oxygen atoms in total. The Labute approximate surface area is 215 Å². The molecule has 1 fully saturated rings. The van der Waals surface area contributed by atoms with Gasteiger partial charge in [-0.2, -0.15) is 0 Å². The van der Waals surface area contributed by atoms with E-state index in [-0.39, 0.29) is 17.1 Å². The van der Waals surface area contributed by atoms with Crippen LogP contribution in [0.15, 0.2) is 53.3 Å². The Bertz CT molecular complexity index is 1430. The van der Waals surface area contributed by atoms with Gasteiger partial charge < -0.3 is 9.88 Å². The zero-order valence-corrected chi connectivity index (χ0v) is 22.0. The van der Waals surface area contributed by atoms with E-state index in [1.54, 1.807) is 0 Å². The number of H-pyrrole nitrogens is 1. The van der Waals surface area contributed by atoms with Crippen molar-refractivity contribution in [2.24, 2.45) is 0 Å². The van der Waals surface area contributed by atoms with Crippen LogP contribution in [0.2, 0.25) is 5.02 Å². The molecule has 4 aromatic rings. The highest BCUT2D eigenvalue weighted by molar-refractivity contribution is 6.30. The van der Waals surface area contributed by atoms with Crippen LogP contribution in [-0.2, 0) is 12.0 Å². The van der Waals surface area contributed by atoms with Crippen LogP contribution in [0.3, 0.4) is 0 Å². The number of nitrogens with one attached hydrogen (secondary N) is 1. The lowest BCUT2D eigenvalue weighted by molar-refractivity contribution is 0.190. The number of halogens is 1. The number of rotatable bonds is 5. The summed E-state index contributed by atoms with van der Waals surface area (Å²) in [4.78, 5) is 21.2. The molecule has 0 radical (unpaired) electrons. The Hall–Kier alpha value is -3.23. The molecule has 1 atom stereocenters.